The smallest absolute Gasteiger partial charge is 0.304 e. The normalized spacial score (nSPS) is 12.8. The Bertz CT molecular complexity index is 545. The van der Waals surface area contributed by atoms with Gasteiger partial charge in [-0.15, -0.1) is 0 Å². The van der Waals surface area contributed by atoms with Crippen LogP contribution in [0.1, 0.15) is 23.7 Å². The molecule has 1 aromatic heterocycles. The van der Waals surface area contributed by atoms with E-state index in [1.54, 1.807) is 0 Å². The van der Waals surface area contributed by atoms with Crippen molar-refractivity contribution in [1.29, 1.82) is 0 Å². The molecule has 1 unspecified atom stereocenters. The van der Waals surface area contributed by atoms with E-state index in [1.807, 2.05) is 31.2 Å². The van der Waals surface area contributed by atoms with Crippen molar-refractivity contribution in [3.05, 3.63) is 35.6 Å². The minimum Gasteiger partial charge on any atom is -0.481 e. The van der Waals surface area contributed by atoms with Crippen LogP contribution in [-0.2, 0) is 4.79 Å². The zero-order valence-electron chi connectivity index (χ0n) is 9.64. The molecule has 17 heavy (non-hydrogen) atoms. The number of aliphatic carboxylic acids is 1. The summed E-state index contributed by atoms with van der Waals surface area (Å²) < 4.78 is 5.61. The number of hydrogen-bond acceptors (Lipinski definition) is 3. The highest BCUT2D eigenvalue weighted by atomic mass is 16.4. The van der Waals surface area contributed by atoms with Crippen LogP contribution in [0.2, 0.25) is 0 Å². The summed E-state index contributed by atoms with van der Waals surface area (Å²) in [6.45, 7) is 2.15. The van der Waals surface area contributed by atoms with Crippen LogP contribution in [0.15, 0.2) is 28.7 Å². The van der Waals surface area contributed by atoms with Crippen LogP contribution in [-0.4, -0.2) is 17.6 Å². The van der Waals surface area contributed by atoms with Crippen LogP contribution in [0.5, 0.6) is 0 Å². The van der Waals surface area contributed by atoms with E-state index in [2.05, 4.69) is 0 Å². The number of aryl methyl sites for hydroxylation is 1. The Morgan fingerprint density at radius 2 is 2.18 bits per heavy atom. The Balaban J connectivity index is 2.52. The van der Waals surface area contributed by atoms with Gasteiger partial charge < -0.3 is 15.3 Å². The molecule has 0 saturated heterocycles. The van der Waals surface area contributed by atoms with Gasteiger partial charge in [-0.1, -0.05) is 18.2 Å². The molecule has 0 radical (unpaired) electrons. The van der Waals surface area contributed by atoms with Gasteiger partial charge >= 0.3 is 5.97 Å². The fourth-order valence-corrected chi connectivity index (χ4v) is 2.21. The molecule has 0 saturated carbocycles. The third-order valence-corrected chi connectivity index (χ3v) is 2.93. The van der Waals surface area contributed by atoms with E-state index < -0.39 is 5.97 Å². The van der Waals surface area contributed by atoms with E-state index in [0.29, 0.717) is 6.54 Å². The molecule has 0 bridgehead atoms. The summed E-state index contributed by atoms with van der Waals surface area (Å²) in [5.74, 6) is -0.288. The van der Waals surface area contributed by atoms with Gasteiger partial charge in [0.05, 0.1) is 6.42 Å². The fourth-order valence-electron chi connectivity index (χ4n) is 2.21. The third kappa shape index (κ3) is 2.17. The second-order valence-electron chi connectivity index (χ2n) is 4.10. The Morgan fingerprint density at radius 3 is 2.82 bits per heavy atom. The summed E-state index contributed by atoms with van der Waals surface area (Å²) in [7, 11) is 0. The highest BCUT2D eigenvalue weighted by Gasteiger charge is 2.21. The summed E-state index contributed by atoms with van der Waals surface area (Å²) in [6, 6.07) is 7.62. The van der Waals surface area contributed by atoms with Crippen molar-refractivity contribution in [2.45, 2.75) is 19.3 Å². The maximum Gasteiger partial charge on any atom is 0.304 e. The number of carboxylic acid groups (broad SMARTS) is 1. The molecule has 3 N–H and O–H groups in total. The van der Waals surface area contributed by atoms with Crippen LogP contribution < -0.4 is 5.73 Å². The highest BCUT2D eigenvalue weighted by molar-refractivity contribution is 5.83. The van der Waals surface area contributed by atoms with Crippen molar-refractivity contribution >= 4 is 16.9 Å². The zero-order chi connectivity index (χ0) is 12.4. The molecule has 90 valence electrons. The second kappa shape index (κ2) is 4.59. The maximum atomic E-state index is 10.8. The standard InChI is InChI=1S/C13H15NO3/c1-8-13(9(7-14)6-12(15)16)10-4-2-3-5-11(10)17-8/h2-5,9H,6-7,14H2,1H3,(H,15,16). The molecule has 4 nitrogen and oxygen atoms in total. The number of nitrogens with two attached hydrogens (primary N) is 1. The topological polar surface area (TPSA) is 76.5 Å². The third-order valence-electron chi connectivity index (χ3n) is 2.93. The van der Waals surface area contributed by atoms with Crippen LogP contribution >= 0.6 is 0 Å². The minimum atomic E-state index is -0.842. The molecule has 0 aliphatic rings. The van der Waals surface area contributed by atoms with Crippen molar-refractivity contribution in [1.82, 2.24) is 0 Å². The van der Waals surface area contributed by atoms with E-state index in [4.69, 9.17) is 15.3 Å². The molecule has 1 aromatic carbocycles. The van der Waals surface area contributed by atoms with Gasteiger partial charge in [-0.2, -0.15) is 0 Å². The Morgan fingerprint density at radius 1 is 1.47 bits per heavy atom. The highest BCUT2D eigenvalue weighted by Crippen LogP contribution is 2.32. The van der Waals surface area contributed by atoms with Crippen molar-refractivity contribution in [3.8, 4) is 0 Å². The quantitative estimate of drug-likeness (QED) is 0.849. The van der Waals surface area contributed by atoms with Gasteiger partial charge in [0.1, 0.15) is 11.3 Å². The Labute approximate surface area is 99.0 Å². The zero-order valence-corrected chi connectivity index (χ0v) is 9.64. The number of fused-ring (bicyclic) bond motifs is 1. The average Bonchev–Trinajstić information content (AvgIpc) is 2.62. The van der Waals surface area contributed by atoms with Gasteiger partial charge in [0.25, 0.3) is 0 Å². The summed E-state index contributed by atoms with van der Waals surface area (Å²) in [4.78, 5) is 10.8. The predicted octanol–water partition coefficient (Wildman–Crippen LogP) is 2.26. The lowest BCUT2D eigenvalue weighted by Gasteiger charge is -2.11. The van der Waals surface area contributed by atoms with Crippen LogP contribution in [0, 0.1) is 6.92 Å². The van der Waals surface area contributed by atoms with Crippen LogP contribution in [0.3, 0.4) is 0 Å². The van der Waals surface area contributed by atoms with E-state index in [1.165, 1.54) is 0 Å². The van der Waals surface area contributed by atoms with E-state index >= 15 is 0 Å². The van der Waals surface area contributed by atoms with Gasteiger partial charge in [-0.3, -0.25) is 4.79 Å². The van der Waals surface area contributed by atoms with Crippen molar-refractivity contribution in [2.24, 2.45) is 5.73 Å². The molecule has 2 aromatic rings. The second-order valence-corrected chi connectivity index (χ2v) is 4.10. The SMILES string of the molecule is Cc1oc2ccccc2c1C(CN)CC(=O)O. The number of furan rings is 1. The minimum absolute atomic E-state index is 0.0286. The van der Waals surface area contributed by atoms with E-state index in [-0.39, 0.29) is 12.3 Å². The predicted molar refractivity (Wildman–Crippen MR) is 65.0 cm³/mol. The summed E-state index contributed by atoms with van der Waals surface area (Å²) in [5, 5.41) is 9.85. The van der Waals surface area contributed by atoms with Gasteiger partial charge in [-0.25, -0.2) is 0 Å². The van der Waals surface area contributed by atoms with Gasteiger partial charge in [0, 0.05) is 16.9 Å². The summed E-state index contributed by atoms with van der Waals surface area (Å²) >= 11 is 0. The first-order valence-electron chi connectivity index (χ1n) is 5.53. The number of carbonyl (C=O) groups is 1. The number of rotatable bonds is 4. The van der Waals surface area contributed by atoms with Gasteiger partial charge in [0.15, 0.2) is 0 Å². The summed E-state index contributed by atoms with van der Waals surface area (Å²) in [6.07, 6.45) is 0.0286. The molecular weight excluding hydrogens is 218 g/mol. The largest absolute Gasteiger partial charge is 0.481 e. The lowest BCUT2D eigenvalue weighted by Crippen LogP contribution is -2.16. The van der Waals surface area contributed by atoms with E-state index in [0.717, 1.165) is 22.3 Å². The molecule has 2 rings (SSSR count). The maximum absolute atomic E-state index is 10.8. The average molecular weight is 233 g/mol. The first kappa shape index (κ1) is 11.7. The van der Waals surface area contributed by atoms with E-state index in [9.17, 15) is 4.79 Å². The summed E-state index contributed by atoms with van der Waals surface area (Å²) in [5.41, 5.74) is 7.37. The molecule has 1 heterocycles. The lowest BCUT2D eigenvalue weighted by atomic mass is 9.93. The fraction of sp³-hybridized carbons (Fsp3) is 0.308. The molecule has 1 atom stereocenters. The van der Waals surface area contributed by atoms with Crippen molar-refractivity contribution in [3.63, 3.8) is 0 Å². The van der Waals surface area contributed by atoms with Crippen molar-refractivity contribution < 1.29 is 14.3 Å². The Hall–Kier alpha value is -1.81. The van der Waals surface area contributed by atoms with Crippen LogP contribution in [0.25, 0.3) is 11.0 Å². The molecule has 4 heteroatoms. The molecular formula is C13H15NO3. The molecule has 0 amide bonds. The van der Waals surface area contributed by atoms with Crippen molar-refractivity contribution in [2.75, 3.05) is 6.54 Å². The number of benzene rings is 1. The molecule has 0 spiro atoms. The molecule has 0 aliphatic carbocycles. The molecule has 0 fully saturated rings. The first-order valence-corrected chi connectivity index (χ1v) is 5.53. The molecule has 0 aliphatic heterocycles. The van der Waals surface area contributed by atoms with Gasteiger partial charge in [-0.05, 0) is 19.5 Å². The lowest BCUT2D eigenvalue weighted by molar-refractivity contribution is -0.137. The Kier molecular flexibility index (Phi) is 3.15. The number of hydrogen-bond donors (Lipinski definition) is 2. The number of carboxylic acids is 1. The van der Waals surface area contributed by atoms with Crippen LogP contribution in [0.4, 0.5) is 0 Å². The van der Waals surface area contributed by atoms with Gasteiger partial charge in [0.2, 0.25) is 0 Å². The monoisotopic (exact) mass is 233 g/mol. The number of para-hydroxylation sites is 1. The first-order chi connectivity index (χ1) is 8.13.